The number of nitrogens with zero attached hydrogens (tertiary/aromatic N) is 3. The average Bonchev–Trinajstić information content (AvgIpc) is 2.40. The van der Waals surface area contributed by atoms with E-state index in [4.69, 9.17) is 17.3 Å². The number of nitrogens with two attached hydrogens (primary N) is 1. The molecular formula is C14H13ClN4O. The number of halogens is 1. The number of carbonyl (C=O) groups excluding carboxylic acids is 1. The lowest BCUT2D eigenvalue weighted by Crippen LogP contribution is -2.45. The van der Waals surface area contributed by atoms with Crippen LogP contribution in [0.25, 0.3) is 0 Å². The van der Waals surface area contributed by atoms with E-state index >= 15 is 0 Å². The molecule has 2 N–H and O–H groups in total. The van der Waals surface area contributed by atoms with E-state index in [-0.39, 0.29) is 12.5 Å². The number of rotatable bonds is 2. The van der Waals surface area contributed by atoms with Crippen LogP contribution in [0, 0.1) is 0 Å². The number of allylic oxidation sites excluding steroid dienone is 1. The van der Waals surface area contributed by atoms with E-state index in [1.165, 1.54) is 5.01 Å². The highest BCUT2D eigenvalue weighted by molar-refractivity contribution is 6.30. The summed E-state index contributed by atoms with van der Waals surface area (Å²) in [6.45, 7) is 0.647. The molecule has 0 fully saturated rings. The lowest BCUT2D eigenvalue weighted by Gasteiger charge is -2.31. The number of amides is 1. The number of hydrazone groups is 1. The predicted octanol–water partition coefficient (Wildman–Crippen LogP) is 1.67. The van der Waals surface area contributed by atoms with Gasteiger partial charge >= 0.3 is 0 Å². The fourth-order valence-electron chi connectivity index (χ4n) is 2.11. The summed E-state index contributed by atoms with van der Waals surface area (Å²) in [5.41, 5.74) is 7.25. The van der Waals surface area contributed by atoms with Crippen LogP contribution in [-0.2, 0) is 11.3 Å². The van der Waals surface area contributed by atoms with E-state index in [9.17, 15) is 4.79 Å². The molecule has 2 aliphatic rings. The minimum Gasteiger partial charge on any atom is -0.398 e. The summed E-state index contributed by atoms with van der Waals surface area (Å²) in [7, 11) is 0. The molecule has 0 bridgehead atoms. The van der Waals surface area contributed by atoms with Crippen LogP contribution in [0.2, 0.25) is 5.02 Å². The van der Waals surface area contributed by atoms with Crippen molar-refractivity contribution in [3.05, 3.63) is 58.9 Å². The van der Waals surface area contributed by atoms with Gasteiger partial charge in [0.1, 0.15) is 6.54 Å². The summed E-state index contributed by atoms with van der Waals surface area (Å²) in [5, 5.41) is 6.44. The van der Waals surface area contributed by atoms with Crippen LogP contribution in [-0.4, -0.2) is 28.2 Å². The summed E-state index contributed by atoms with van der Waals surface area (Å²) < 4.78 is 0. The molecule has 20 heavy (non-hydrogen) atoms. The van der Waals surface area contributed by atoms with E-state index in [1.54, 1.807) is 29.3 Å². The van der Waals surface area contributed by atoms with Gasteiger partial charge in [-0.2, -0.15) is 5.10 Å². The van der Waals surface area contributed by atoms with E-state index < -0.39 is 0 Å². The Labute approximate surface area is 121 Å². The zero-order valence-corrected chi connectivity index (χ0v) is 11.4. The van der Waals surface area contributed by atoms with Gasteiger partial charge in [-0.25, -0.2) is 5.01 Å². The molecule has 2 heterocycles. The molecular weight excluding hydrogens is 276 g/mol. The molecule has 5 nitrogen and oxygen atoms in total. The molecule has 0 saturated heterocycles. The Bertz CT molecular complexity index is 650. The maximum atomic E-state index is 12.1. The number of hydrogen-bond acceptors (Lipinski definition) is 4. The second kappa shape index (κ2) is 5.02. The largest absolute Gasteiger partial charge is 0.398 e. The van der Waals surface area contributed by atoms with Crippen molar-refractivity contribution >= 4 is 23.3 Å². The average molecular weight is 289 g/mol. The predicted molar refractivity (Wildman–Crippen MR) is 77.6 cm³/mol. The summed E-state index contributed by atoms with van der Waals surface area (Å²) in [6, 6.07) is 7.40. The first-order valence-corrected chi connectivity index (χ1v) is 6.55. The molecule has 1 aromatic carbocycles. The molecule has 102 valence electrons. The van der Waals surface area contributed by atoms with Crippen molar-refractivity contribution < 1.29 is 4.79 Å². The summed E-state index contributed by atoms with van der Waals surface area (Å²) in [5.74, 6) is 0.633. The molecule has 0 saturated carbocycles. The Morgan fingerprint density at radius 1 is 1.35 bits per heavy atom. The zero-order valence-electron chi connectivity index (χ0n) is 10.7. The summed E-state index contributed by atoms with van der Waals surface area (Å²) in [6.07, 6.45) is 5.28. The third-order valence-electron chi connectivity index (χ3n) is 3.06. The van der Waals surface area contributed by atoms with Crippen molar-refractivity contribution in [2.75, 3.05) is 6.54 Å². The van der Waals surface area contributed by atoms with Gasteiger partial charge in [0, 0.05) is 16.9 Å². The minimum atomic E-state index is -0.0759. The van der Waals surface area contributed by atoms with Gasteiger partial charge in [-0.05, 0) is 29.8 Å². The quantitative estimate of drug-likeness (QED) is 0.900. The Balaban J connectivity index is 1.83. The maximum Gasteiger partial charge on any atom is 0.263 e. The lowest BCUT2D eigenvalue weighted by atomic mass is 10.2. The monoisotopic (exact) mass is 288 g/mol. The summed E-state index contributed by atoms with van der Waals surface area (Å²) in [4.78, 5) is 13.8. The first kappa shape index (κ1) is 12.7. The number of hydrogen-bond donors (Lipinski definition) is 1. The fourth-order valence-corrected chi connectivity index (χ4v) is 2.32. The van der Waals surface area contributed by atoms with Crippen molar-refractivity contribution in [2.45, 2.75) is 6.54 Å². The van der Waals surface area contributed by atoms with E-state index in [0.29, 0.717) is 23.1 Å². The van der Waals surface area contributed by atoms with Crippen molar-refractivity contribution in [1.82, 2.24) is 9.91 Å². The van der Waals surface area contributed by atoms with Crippen molar-refractivity contribution in [3.63, 3.8) is 0 Å². The molecule has 2 aliphatic heterocycles. The van der Waals surface area contributed by atoms with Crippen molar-refractivity contribution in [3.8, 4) is 0 Å². The SMILES string of the molecule is NC1=CN2CC(=O)N(Cc3cccc(Cl)c3)N=C2C=C1. The third kappa shape index (κ3) is 2.53. The van der Waals surface area contributed by atoms with Gasteiger partial charge in [0.2, 0.25) is 0 Å². The van der Waals surface area contributed by atoms with Gasteiger partial charge in [0.05, 0.1) is 6.54 Å². The summed E-state index contributed by atoms with van der Waals surface area (Å²) >= 11 is 5.95. The van der Waals surface area contributed by atoms with Crippen LogP contribution in [0.4, 0.5) is 0 Å². The molecule has 0 radical (unpaired) electrons. The molecule has 0 atom stereocenters. The number of benzene rings is 1. The first-order valence-electron chi connectivity index (χ1n) is 6.17. The van der Waals surface area contributed by atoms with E-state index in [2.05, 4.69) is 5.10 Å². The highest BCUT2D eigenvalue weighted by Gasteiger charge is 2.25. The third-order valence-corrected chi connectivity index (χ3v) is 3.30. The molecule has 0 aromatic heterocycles. The van der Waals surface area contributed by atoms with Crippen LogP contribution in [0.3, 0.4) is 0 Å². The van der Waals surface area contributed by atoms with Gasteiger partial charge < -0.3 is 10.6 Å². The van der Waals surface area contributed by atoms with Gasteiger partial charge in [-0.1, -0.05) is 23.7 Å². The Morgan fingerprint density at radius 2 is 2.20 bits per heavy atom. The van der Waals surface area contributed by atoms with Crippen LogP contribution in [0.5, 0.6) is 0 Å². The minimum absolute atomic E-state index is 0.0759. The van der Waals surface area contributed by atoms with Crippen molar-refractivity contribution in [1.29, 1.82) is 0 Å². The highest BCUT2D eigenvalue weighted by Crippen LogP contribution is 2.17. The van der Waals surface area contributed by atoms with Crippen LogP contribution in [0.15, 0.2) is 53.4 Å². The van der Waals surface area contributed by atoms with E-state index in [0.717, 1.165) is 5.56 Å². The number of carbonyl (C=O) groups is 1. The standard InChI is InChI=1S/C14H13ClN4O/c15-11-3-1-2-10(6-11)7-19-14(20)9-18-8-12(16)4-5-13(18)17-19/h1-6,8H,7,9,16H2. The Hall–Kier alpha value is -2.27. The van der Waals surface area contributed by atoms with Gasteiger partial charge in [-0.3, -0.25) is 4.79 Å². The highest BCUT2D eigenvalue weighted by atomic mass is 35.5. The molecule has 6 heteroatoms. The van der Waals surface area contributed by atoms with Crippen LogP contribution >= 0.6 is 11.6 Å². The van der Waals surface area contributed by atoms with Crippen LogP contribution in [0.1, 0.15) is 5.56 Å². The fraction of sp³-hybridized carbons (Fsp3) is 0.143. The molecule has 3 rings (SSSR count). The molecule has 0 spiro atoms. The molecule has 0 aliphatic carbocycles. The Morgan fingerprint density at radius 3 is 3.00 bits per heavy atom. The van der Waals surface area contributed by atoms with Gasteiger partial charge in [-0.15, -0.1) is 0 Å². The van der Waals surface area contributed by atoms with Crippen molar-refractivity contribution in [2.24, 2.45) is 10.8 Å². The van der Waals surface area contributed by atoms with Gasteiger partial charge in [0.15, 0.2) is 5.84 Å². The maximum absolute atomic E-state index is 12.1. The van der Waals surface area contributed by atoms with Crippen LogP contribution < -0.4 is 5.73 Å². The van der Waals surface area contributed by atoms with E-state index in [1.807, 2.05) is 18.2 Å². The zero-order chi connectivity index (χ0) is 14.1. The molecule has 0 unspecified atom stereocenters. The number of amidine groups is 1. The second-order valence-corrected chi connectivity index (χ2v) is 5.07. The van der Waals surface area contributed by atoms with Gasteiger partial charge in [0.25, 0.3) is 5.91 Å². The first-order chi connectivity index (χ1) is 9.61. The normalized spacial score (nSPS) is 17.8. The Kier molecular flexibility index (Phi) is 3.20. The molecule has 1 amide bonds. The lowest BCUT2D eigenvalue weighted by molar-refractivity contribution is -0.132. The molecule has 1 aromatic rings. The second-order valence-electron chi connectivity index (χ2n) is 4.63. The number of fused-ring (bicyclic) bond motifs is 1. The smallest absolute Gasteiger partial charge is 0.263 e. The topological polar surface area (TPSA) is 61.9 Å².